The van der Waals surface area contributed by atoms with Gasteiger partial charge in [0.15, 0.2) is 0 Å². The maximum absolute atomic E-state index is 6.04. The number of hydrogen-bond acceptors (Lipinski definition) is 4. The number of para-hydroxylation sites is 1. The highest BCUT2D eigenvalue weighted by Gasteiger charge is 2.20. The Labute approximate surface area is 143 Å². The van der Waals surface area contributed by atoms with Crippen LogP contribution in [-0.4, -0.2) is 28.3 Å². The summed E-state index contributed by atoms with van der Waals surface area (Å²) in [5.74, 6) is 0.852. The highest BCUT2D eigenvalue weighted by molar-refractivity contribution is 7.51. The molecule has 124 valence electrons. The van der Waals surface area contributed by atoms with Crippen LogP contribution < -0.4 is 10.3 Å². The zero-order valence-electron chi connectivity index (χ0n) is 14.1. The van der Waals surface area contributed by atoms with Gasteiger partial charge in [0.2, 0.25) is 0 Å². The van der Waals surface area contributed by atoms with E-state index in [0.29, 0.717) is 6.54 Å². The lowest BCUT2D eigenvalue weighted by molar-refractivity contribution is 0.623. The van der Waals surface area contributed by atoms with Gasteiger partial charge in [-0.05, 0) is 31.0 Å². The van der Waals surface area contributed by atoms with E-state index in [4.69, 9.17) is 10.3 Å². The van der Waals surface area contributed by atoms with E-state index in [9.17, 15) is 0 Å². The van der Waals surface area contributed by atoms with Crippen molar-refractivity contribution in [3.8, 4) is 28.3 Å². The van der Waals surface area contributed by atoms with Gasteiger partial charge in [-0.15, -0.1) is 5.10 Å². The van der Waals surface area contributed by atoms with E-state index >= 15 is 0 Å². The monoisotopic (exact) mass is 340 g/mol. The maximum Gasteiger partial charge on any atom is 0.132 e. The predicted molar refractivity (Wildman–Crippen MR) is 99.2 cm³/mol. The predicted octanol–water partition coefficient (Wildman–Crippen LogP) is 3.64. The molecule has 5 nitrogen and oxygen atoms in total. The first kappa shape index (κ1) is 16.6. The molecular weight excluding hydrogens is 319 g/mol. The van der Waals surface area contributed by atoms with Crippen LogP contribution in [0.4, 0.5) is 0 Å². The molecule has 0 radical (unpaired) electrons. The highest BCUT2D eigenvalue weighted by atomic mass is 31.1. The largest absolute Gasteiger partial charge is 0.474 e. The Morgan fingerprint density at radius 3 is 2.42 bits per heavy atom. The van der Waals surface area contributed by atoms with E-state index in [0.717, 1.165) is 33.8 Å². The molecular formula is C18H21N4OP. The minimum Gasteiger partial charge on any atom is -0.474 e. The molecule has 0 saturated heterocycles. The SMILES string of the molecule is Cn1nnc(-c2ccccc2CN)c1-c1ccccc1OP(C)C. The fraction of sp³-hybridized carbons (Fsp3) is 0.222. The minimum absolute atomic E-state index is 0.458. The van der Waals surface area contributed by atoms with Crippen molar-refractivity contribution in [3.05, 3.63) is 54.1 Å². The summed E-state index contributed by atoms with van der Waals surface area (Å²) in [4.78, 5) is 0. The van der Waals surface area contributed by atoms with Crippen LogP contribution in [0.1, 0.15) is 5.56 Å². The van der Waals surface area contributed by atoms with Gasteiger partial charge in [0.05, 0.1) is 13.8 Å². The van der Waals surface area contributed by atoms with Gasteiger partial charge >= 0.3 is 0 Å². The molecule has 1 aromatic heterocycles. The van der Waals surface area contributed by atoms with Crippen LogP contribution in [0.3, 0.4) is 0 Å². The topological polar surface area (TPSA) is 66.0 Å². The van der Waals surface area contributed by atoms with Crippen LogP contribution in [-0.2, 0) is 13.6 Å². The van der Waals surface area contributed by atoms with E-state index in [2.05, 4.69) is 23.6 Å². The van der Waals surface area contributed by atoms with E-state index in [1.54, 1.807) is 4.68 Å². The smallest absolute Gasteiger partial charge is 0.132 e. The molecule has 0 saturated carbocycles. The lowest BCUT2D eigenvalue weighted by Crippen LogP contribution is -2.00. The van der Waals surface area contributed by atoms with E-state index < -0.39 is 8.15 Å². The summed E-state index contributed by atoms with van der Waals surface area (Å²) in [7, 11) is 1.38. The maximum atomic E-state index is 6.04. The molecule has 0 bridgehead atoms. The van der Waals surface area contributed by atoms with Gasteiger partial charge < -0.3 is 10.3 Å². The molecule has 6 heteroatoms. The second-order valence-corrected chi connectivity index (χ2v) is 7.48. The number of rotatable bonds is 5. The number of nitrogens with zero attached hydrogens (tertiary/aromatic N) is 3. The van der Waals surface area contributed by atoms with Crippen LogP contribution in [0.15, 0.2) is 48.5 Å². The first-order chi connectivity index (χ1) is 11.6. The number of benzene rings is 2. The molecule has 0 spiro atoms. The van der Waals surface area contributed by atoms with Gasteiger partial charge in [0.1, 0.15) is 11.4 Å². The molecule has 0 unspecified atom stereocenters. The second-order valence-electron chi connectivity index (χ2n) is 5.67. The highest BCUT2D eigenvalue weighted by Crippen LogP contribution is 2.40. The third-order valence-corrected chi connectivity index (χ3v) is 4.30. The molecule has 0 aliphatic carbocycles. The summed E-state index contributed by atoms with van der Waals surface area (Å²) in [5.41, 5.74) is 10.7. The zero-order valence-corrected chi connectivity index (χ0v) is 15.0. The van der Waals surface area contributed by atoms with E-state index in [1.807, 2.05) is 55.6 Å². The van der Waals surface area contributed by atoms with Crippen molar-refractivity contribution < 1.29 is 4.52 Å². The van der Waals surface area contributed by atoms with E-state index in [1.165, 1.54) is 0 Å². The fourth-order valence-electron chi connectivity index (χ4n) is 2.71. The van der Waals surface area contributed by atoms with Crippen LogP contribution >= 0.6 is 8.15 Å². The third-order valence-electron chi connectivity index (χ3n) is 3.74. The van der Waals surface area contributed by atoms with Gasteiger partial charge in [-0.3, -0.25) is 0 Å². The molecule has 0 atom stereocenters. The molecule has 2 N–H and O–H groups in total. The summed E-state index contributed by atoms with van der Waals surface area (Å²) in [5, 5.41) is 8.64. The summed E-state index contributed by atoms with van der Waals surface area (Å²) in [6.07, 6.45) is 0. The molecule has 24 heavy (non-hydrogen) atoms. The van der Waals surface area contributed by atoms with Crippen LogP contribution in [0.5, 0.6) is 5.75 Å². The standard InChI is InChI=1S/C18H21N4OP/c1-22-18(15-10-6-7-11-16(15)23-24(2)3)17(20-21-22)14-9-5-4-8-13(14)12-19/h4-11H,12,19H2,1-3H3. The number of nitrogens with two attached hydrogens (primary N) is 1. The van der Waals surface area contributed by atoms with E-state index in [-0.39, 0.29) is 0 Å². The van der Waals surface area contributed by atoms with Gasteiger partial charge in [0.25, 0.3) is 0 Å². The second kappa shape index (κ2) is 7.12. The van der Waals surface area contributed by atoms with Crippen molar-refractivity contribution in [2.24, 2.45) is 12.8 Å². The summed E-state index contributed by atoms with van der Waals surface area (Å²) in [6, 6.07) is 16.0. The lowest BCUT2D eigenvalue weighted by atomic mass is 9.99. The Balaban J connectivity index is 2.19. The molecule has 0 aliphatic heterocycles. The quantitative estimate of drug-likeness (QED) is 0.720. The number of aromatic nitrogens is 3. The van der Waals surface area contributed by atoms with Crippen molar-refractivity contribution >= 4 is 8.15 Å². The van der Waals surface area contributed by atoms with Crippen LogP contribution in [0.2, 0.25) is 0 Å². The molecule has 3 rings (SSSR count). The Kier molecular flexibility index (Phi) is 4.93. The van der Waals surface area contributed by atoms with Gasteiger partial charge in [-0.1, -0.05) is 41.6 Å². The summed E-state index contributed by atoms with van der Waals surface area (Å²) < 4.78 is 7.83. The Morgan fingerprint density at radius 1 is 1.04 bits per heavy atom. The zero-order chi connectivity index (χ0) is 17.1. The number of hydrogen-bond donors (Lipinski definition) is 1. The molecule has 0 aliphatic rings. The number of aryl methyl sites for hydroxylation is 1. The van der Waals surface area contributed by atoms with Crippen molar-refractivity contribution in [1.82, 2.24) is 15.0 Å². The average Bonchev–Trinajstić information content (AvgIpc) is 2.96. The molecule has 0 amide bonds. The normalized spacial score (nSPS) is 11.0. The van der Waals surface area contributed by atoms with Gasteiger partial charge in [-0.2, -0.15) is 0 Å². The Bertz CT molecular complexity index is 845. The van der Waals surface area contributed by atoms with Crippen molar-refractivity contribution in [3.63, 3.8) is 0 Å². The van der Waals surface area contributed by atoms with Gasteiger partial charge in [0, 0.05) is 24.7 Å². The average molecular weight is 340 g/mol. The van der Waals surface area contributed by atoms with Crippen molar-refractivity contribution in [1.29, 1.82) is 0 Å². The molecule has 3 aromatic rings. The third kappa shape index (κ3) is 3.18. The minimum atomic E-state index is -0.522. The Hall–Kier alpha value is -2.23. The molecule has 2 aromatic carbocycles. The Morgan fingerprint density at radius 2 is 1.71 bits per heavy atom. The lowest BCUT2D eigenvalue weighted by Gasteiger charge is -2.15. The fourth-order valence-corrected chi connectivity index (χ4v) is 3.26. The first-order valence-electron chi connectivity index (χ1n) is 7.74. The first-order valence-corrected chi connectivity index (χ1v) is 9.90. The van der Waals surface area contributed by atoms with Crippen molar-refractivity contribution in [2.45, 2.75) is 6.54 Å². The molecule has 1 heterocycles. The summed E-state index contributed by atoms with van der Waals surface area (Å²) in [6.45, 7) is 4.62. The van der Waals surface area contributed by atoms with Crippen LogP contribution in [0, 0.1) is 0 Å². The van der Waals surface area contributed by atoms with Gasteiger partial charge in [-0.25, -0.2) is 4.68 Å². The van der Waals surface area contributed by atoms with Crippen LogP contribution in [0.25, 0.3) is 22.5 Å². The summed E-state index contributed by atoms with van der Waals surface area (Å²) >= 11 is 0. The van der Waals surface area contributed by atoms with Crippen molar-refractivity contribution in [2.75, 3.05) is 13.3 Å². The molecule has 0 fully saturated rings.